The van der Waals surface area contributed by atoms with E-state index in [1.54, 1.807) is 0 Å². The van der Waals surface area contributed by atoms with E-state index in [0.29, 0.717) is 18.7 Å². The number of benzene rings is 5. The fourth-order valence-electron chi connectivity index (χ4n) is 4.08. The molecule has 0 bridgehead atoms. The zero-order chi connectivity index (χ0) is 19.8. The van der Waals surface area contributed by atoms with Crippen molar-refractivity contribution in [2.24, 2.45) is 0 Å². The van der Waals surface area contributed by atoms with E-state index in [2.05, 4.69) is 41.3 Å². The molecule has 0 aliphatic carbocycles. The number of carbonyl (C=O) groups excluding carboxylic acids is 1. The maximum atomic E-state index is 12.9. The van der Waals surface area contributed by atoms with Crippen LogP contribution in [0.2, 0.25) is 0 Å². The van der Waals surface area contributed by atoms with Crippen molar-refractivity contribution in [3.05, 3.63) is 90.5 Å². The van der Waals surface area contributed by atoms with Crippen LogP contribution in [0.5, 0.6) is 0 Å². The SMILES string of the molecule is CN(CCOC(=O)c1ccc2ccc3cccc4ccc1c2c34)c1ccccc1. The molecular formula is C26H21NO2. The van der Waals surface area contributed by atoms with Gasteiger partial charge in [-0.1, -0.05) is 66.7 Å². The second kappa shape index (κ2) is 7.10. The topological polar surface area (TPSA) is 29.5 Å². The van der Waals surface area contributed by atoms with E-state index in [0.717, 1.165) is 21.8 Å². The van der Waals surface area contributed by atoms with Crippen LogP contribution >= 0.6 is 0 Å². The van der Waals surface area contributed by atoms with Gasteiger partial charge in [-0.25, -0.2) is 4.79 Å². The summed E-state index contributed by atoms with van der Waals surface area (Å²) in [5.74, 6) is -0.274. The lowest BCUT2D eigenvalue weighted by Gasteiger charge is -2.19. The third kappa shape index (κ3) is 3.05. The van der Waals surface area contributed by atoms with E-state index in [1.165, 1.54) is 16.2 Å². The molecule has 0 heterocycles. The Labute approximate surface area is 169 Å². The van der Waals surface area contributed by atoms with Crippen LogP contribution in [0.1, 0.15) is 10.4 Å². The molecular weight excluding hydrogens is 358 g/mol. The van der Waals surface area contributed by atoms with Gasteiger partial charge in [0.2, 0.25) is 0 Å². The Balaban J connectivity index is 1.43. The largest absolute Gasteiger partial charge is 0.460 e. The van der Waals surface area contributed by atoms with Crippen molar-refractivity contribution < 1.29 is 9.53 Å². The molecule has 29 heavy (non-hydrogen) atoms. The van der Waals surface area contributed by atoms with Gasteiger partial charge in [-0.3, -0.25) is 0 Å². The molecule has 0 atom stereocenters. The number of likely N-dealkylation sites (N-methyl/N-ethyl adjacent to an activating group) is 1. The average molecular weight is 379 g/mol. The van der Waals surface area contributed by atoms with Crippen molar-refractivity contribution in [2.45, 2.75) is 0 Å². The number of rotatable bonds is 5. The minimum atomic E-state index is -0.274. The molecule has 0 fully saturated rings. The average Bonchev–Trinajstić information content (AvgIpc) is 2.77. The minimum Gasteiger partial charge on any atom is -0.460 e. The van der Waals surface area contributed by atoms with Gasteiger partial charge in [0.25, 0.3) is 0 Å². The molecule has 0 radical (unpaired) electrons. The summed E-state index contributed by atoms with van der Waals surface area (Å²) < 4.78 is 5.63. The van der Waals surface area contributed by atoms with E-state index >= 15 is 0 Å². The van der Waals surface area contributed by atoms with Crippen LogP contribution in [0, 0.1) is 0 Å². The highest BCUT2D eigenvalue weighted by atomic mass is 16.5. The lowest BCUT2D eigenvalue weighted by atomic mass is 9.92. The van der Waals surface area contributed by atoms with E-state index in [1.807, 2.05) is 55.6 Å². The standard InChI is InChI=1S/C26H21NO2/c1-27(21-8-3-2-4-9-21)16-17-29-26(28)23-15-13-20-11-10-18-6-5-7-19-12-14-22(23)25(20)24(18)19/h2-15H,16-17H2,1H3. The number of hydrogen-bond donors (Lipinski definition) is 0. The molecule has 3 heteroatoms. The van der Waals surface area contributed by atoms with E-state index in [9.17, 15) is 4.79 Å². The van der Waals surface area contributed by atoms with Gasteiger partial charge in [-0.2, -0.15) is 0 Å². The number of carbonyl (C=O) groups is 1. The van der Waals surface area contributed by atoms with Crippen LogP contribution in [0.3, 0.4) is 0 Å². The normalized spacial score (nSPS) is 11.3. The third-order valence-electron chi connectivity index (χ3n) is 5.61. The third-order valence-corrected chi connectivity index (χ3v) is 5.61. The first-order chi connectivity index (χ1) is 14.2. The summed E-state index contributed by atoms with van der Waals surface area (Å²) in [6, 6.07) is 28.7. The fraction of sp³-hybridized carbons (Fsp3) is 0.115. The first-order valence-electron chi connectivity index (χ1n) is 9.82. The van der Waals surface area contributed by atoms with E-state index in [4.69, 9.17) is 4.74 Å². The Kier molecular flexibility index (Phi) is 4.28. The predicted molar refractivity (Wildman–Crippen MR) is 120 cm³/mol. The zero-order valence-corrected chi connectivity index (χ0v) is 16.3. The van der Waals surface area contributed by atoms with Crippen LogP contribution < -0.4 is 4.90 Å². The van der Waals surface area contributed by atoms with Gasteiger partial charge in [-0.05, 0) is 50.5 Å². The van der Waals surface area contributed by atoms with Crippen LogP contribution in [-0.2, 0) is 4.74 Å². The Morgan fingerprint density at radius 3 is 2.17 bits per heavy atom. The molecule has 0 amide bonds. The molecule has 0 aliphatic heterocycles. The van der Waals surface area contributed by atoms with Gasteiger partial charge in [0.1, 0.15) is 6.61 Å². The molecule has 5 aromatic carbocycles. The van der Waals surface area contributed by atoms with Gasteiger partial charge < -0.3 is 9.64 Å². The Morgan fingerprint density at radius 1 is 0.759 bits per heavy atom. The molecule has 0 aliphatic rings. The van der Waals surface area contributed by atoms with Crippen LogP contribution in [0.15, 0.2) is 84.9 Å². The molecule has 0 unspecified atom stereocenters. The van der Waals surface area contributed by atoms with Gasteiger partial charge >= 0.3 is 5.97 Å². The molecule has 3 nitrogen and oxygen atoms in total. The number of ether oxygens (including phenoxy) is 1. The number of hydrogen-bond acceptors (Lipinski definition) is 3. The monoisotopic (exact) mass is 379 g/mol. The molecule has 142 valence electrons. The second-order valence-electron chi connectivity index (χ2n) is 7.36. The van der Waals surface area contributed by atoms with Crippen LogP contribution in [-0.4, -0.2) is 26.2 Å². The Morgan fingerprint density at radius 2 is 1.41 bits per heavy atom. The molecule has 0 N–H and O–H groups in total. The number of nitrogens with zero attached hydrogens (tertiary/aromatic N) is 1. The van der Waals surface area contributed by atoms with Crippen molar-refractivity contribution in [2.75, 3.05) is 25.1 Å². The summed E-state index contributed by atoms with van der Waals surface area (Å²) in [5, 5.41) is 6.82. The summed E-state index contributed by atoms with van der Waals surface area (Å²) in [6.07, 6.45) is 0. The van der Waals surface area contributed by atoms with Crippen LogP contribution in [0.4, 0.5) is 5.69 Å². The summed E-state index contributed by atoms with van der Waals surface area (Å²) in [7, 11) is 2.00. The van der Waals surface area contributed by atoms with Crippen molar-refractivity contribution >= 4 is 44.0 Å². The fourth-order valence-corrected chi connectivity index (χ4v) is 4.08. The second-order valence-corrected chi connectivity index (χ2v) is 7.36. The predicted octanol–water partition coefficient (Wildman–Crippen LogP) is 5.88. The highest BCUT2D eigenvalue weighted by molar-refractivity contribution is 6.25. The Hall–Kier alpha value is -3.59. The molecule has 0 aromatic heterocycles. The first kappa shape index (κ1) is 17.5. The summed E-state index contributed by atoms with van der Waals surface area (Å²) >= 11 is 0. The van der Waals surface area contributed by atoms with Crippen molar-refractivity contribution in [3.63, 3.8) is 0 Å². The Bertz CT molecular complexity index is 1290. The lowest BCUT2D eigenvalue weighted by Crippen LogP contribution is -2.23. The molecule has 5 aromatic rings. The first-order valence-corrected chi connectivity index (χ1v) is 9.82. The summed E-state index contributed by atoms with van der Waals surface area (Å²) in [6.45, 7) is 0.980. The van der Waals surface area contributed by atoms with Crippen molar-refractivity contribution in [3.8, 4) is 0 Å². The van der Waals surface area contributed by atoms with E-state index in [-0.39, 0.29) is 5.97 Å². The zero-order valence-electron chi connectivity index (χ0n) is 16.3. The number of anilines is 1. The highest BCUT2D eigenvalue weighted by Gasteiger charge is 2.16. The maximum Gasteiger partial charge on any atom is 0.338 e. The van der Waals surface area contributed by atoms with Gasteiger partial charge in [0, 0.05) is 12.7 Å². The van der Waals surface area contributed by atoms with Crippen molar-refractivity contribution in [1.29, 1.82) is 0 Å². The van der Waals surface area contributed by atoms with Gasteiger partial charge in [0.15, 0.2) is 0 Å². The van der Waals surface area contributed by atoms with Crippen LogP contribution in [0.25, 0.3) is 32.3 Å². The molecule has 0 saturated carbocycles. The smallest absolute Gasteiger partial charge is 0.338 e. The number of para-hydroxylation sites is 1. The molecule has 5 rings (SSSR count). The van der Waals surface area contributed by atoms with E-state index < -0.39 is 0 Å². The molecule has 0 saturated heterocycles. The molecule has 0 spiro atoms. The quantitative estimate of drug-likeness (QED) is 0.282. The number of esters is 1. The minimum absolute atomic E-state index is 0.274. The van der Waals surface area contributed by atoms with Crippen molar-refractivity contribution in [1.82, 2.24) is 0 Å². The summed E-state index contributed by atoms with van der Waals surface area (Å²) in [4.78, 5) is 14.9. The lowest BCUT2D eigenvalue weighted by molar-refractivity contribution is 0.0518. The maximum absolute atomic E-state index is 12.9. The summed E-state index contributed by atoms with van der Waals surface area (Å²) in [5.41, 5.74) is 1.73. The highest BCUT2D eigenvalue weighted by Crippen LogP contribution is 2.36. The van der Waals surface area contributed by atoms with Gasteiger partial charge in [0.05, 0.1) is 12.1 Å². The van der Waals surface area contributed by atoms with Gasteiger partial charge in [-0.15, -0.1) is 0 Å².